The fourth-order valence-corrected chi connectivity index (χ4v) is 5.02. The number of amides is 1. The number of rotatable bonds is 4. The third kappa shape index (κ3) is 6.17. The second-order valence-electron chi connectivity index (χ2n) is 10.2. The molecule has 0 saturated heterocycles. The van der Waals surface area contributed by atoms with Gasteiger partial charge < -0.3 is 4.74 Å². The van der Waals surface area contributed by atoms with Gasteiger partial charge in [0, 0.05) is 22.1 Å². The molecule has 0 aliphatic carbocycles. The van der Waals surface area contributed by atoms with E-state index in [1.54, 1.807) is 0 Å². The zero-order valence-electron chi connectivity index (χ0n) is 21.8. The van der Waals surface area contributed by atoms with Crippen LogP contribution in [0.3, 0.4) is 0 Å². The van der Waals surface area contributed by atoms with E-state index in [0.717, 1.165) is 27.3 Å². The van der Waals surface area contributed by atoms with Crippen molar-refractivity contribution in [1.82, 2.24) is 15.0 Å². The van der Waals surface area contributed by atoms with Crippen molar-refractivity contribution in [2.24, 2.45) is 5.41 Å². The number of hydrogen-bond donors (Lipinski definition) is 1. The van der Waals surface area contributed by atoms with Gasteiger partial charge in [0.25, 0.3) is 5.91 Å². The van der Waals surface area contributed by atoms with Gasteiger partial charge in [0.05, 0.1) is 18.3 Å². The lowest BCUT2D eigenvalue weighted by atomic mass is 9.88. The number of carbonyl (C=O) groups excluding carboxylic acids is 1. The smallest absolute Gasteiger partial charge is 0.277 e. The lowest BCUT2D eigenvalue weighted by Crippen LogP contribution is -2.45. The molecule has 8 heteroatoms. The van der Waals surface area contributed by atoms with Gasteiger partial charge in [0.15, 0.2) is 0 Å². The molecular formula is C28H34N4O3S. The molecule has 0 fully saturated rings. The number of anilines is 1. The molecule has 1 aromatic heterocycles. The maximum atomic E-state index is 13.6. The monoisotopic (exact) mass is 506 g/mol. The second kappa shape index (κ2) is 10.9. The minimum Gasteiger partial charge on any atom is -0.475 e. The Morgan fingerprint density at radius 1 is 1.11 bits per heavy atom. The first-order valence-electron chi connectivity index (χ1n) is 12.2. The molecular weight excluding hydrogens is 472 g/mol. The van der Waals surface area contributed by atoms with Gasteiger partial charge in [-0.15, -0.1) is 0 Å². The number of hydrogen-bond acceptors (Lipinski definition) is 7. The van der Waals surface area contributed by atoms with Crippen LogP contribution in [-0.2, 0) is 4.84 Å². The fourth-order valence-electron chi connectivity index (χ4n) is 4.38. The van der Waals surface area contributed by atoms with Gasteiger partial charge in [-0.25, -0.2) is 10.0 Å². The quantitative estimate of drug-likeness (QED) is 0.406. The van der Waals surface area contributed by atoms with E-state index in [1.165, 1.54) is 17.0 Å². The SMILES string of the molecule is CCON1C(=O)c2cccc(c2)SNc2nc(cc(-c3c(C)cccc3C)n2)OC[C@H]1CC(C)(C)C. The van der Waals surface area contributed by atoms with Gasteiger partial charge in [0.1, 0.15) is 6.61 Å². The average molecular weight is 507 g/mol. The first kappa shape index (κ1) is 26.0. The Hall–Kier alpha value is -3.10. The minimum absolute atomic E-state index is 0.0584. The van der Waals surface area contributed by atoms with E-state index in [-0.39, 0.29) is 24.0 Å². The van der Waals surface area contributed by atoms with Crippen molar-refractivity contribution in [1.29, 1.82) is 0 Å². The molecule has 1 aliphatic heterocycles. The van der Waals surface area contributed by atoms with Crippen LogP contribution in [0.2, 0.25) is 0 Å². The van der Waals surface area contributed by atoms with Crippen LogP contribution in [0.1, 0.15) is 55.6 Å². The molecule has 190 valence electrons. The maximum absolute atomic E-state index is 13.6. The largest absolute Gasteiger partial charge is 0.475 e. The summed E-state index contributed by atoms with van der Waals surface area (Å²) in [6, 6.07) is 15.2. The Morgan fingerprint density at radius 2 is 1.83 bits per heavy atom. The molecule has 2 heterocycles. The Labute approximate surface area is 217 Å². The Morgan fingerprint density at radius 3 is 2.53 bits per heavy atom. The van der Waals surface area contributed by atoms with E-state index in [1.807, 2.05) is 43.3 Å². The van der Waals surface area contributed by atoms with E-state index in [9.17, 15) is 4.79 Å². The topological polar surface area (TPSA) is 76.6 Å². The summed E-state index contributed by atoms with van der Waals surface area (Å²) >= 11 is 1.35. The Kier molecular flexibility index (Phi) is 7.85. The number of nitrogens with zero attached hydrogens (tertiary/aromatic N) is 3. The van der Waals surface area contributed by atoms with Crippen molar-refractivity contribution in [2.45, 2.75) is 58.9 Å². The summed E-state index contributed by atoms with van der Waals surface area (Å²) in [5.74, 6) is 0.699. The molecule has 0 radical (unpaired) electrons. The molecule has 3 aromatic rings. The number of ether oxygens (including phenoxy) is 1. The first-order chi connectivity index (χ1) is 17.1. The van der Waals surface area contributed by atoms with Gasteiger partial charge in [-0.05, 0) is 73.9 Å². The summed E-state index contributed by atoms with van der Waals surface area (Å²) in [6.45, 7) is 13.1. The number of aryl methyl sites for hydroxylation is 2. The van der Waals surface area contributed by atoms with Crippen LogP contribution in [0.25, 0.3) is 11.3 Å². The molecule has 1 N–H and O–H groups in total. The van der Waals surface area contributed by atoms with Crippen molar-refractivity contribution >= 4 is 23.8 Å². The molecule has 7 nitrogen and oxygen atoms in total. The zero-order chi connectivity index (χ0) is 25.9. The highest BCUT2D eigenvalue weighted by atomic mass is 32.2. The lowest BCUT2D eigenvalue weighted by molar-refractivity contribution is -0.156. The highest BCUT2D eigenvalue weighted by Gasteiger charge is 2.31. The molecule has 0 spiro atoms. The van der Waals surface area contributed by atoms with E-state index in [2.05, 4.69) is 56.5 Å². The molecule has 1 aliphatic rings. The molecule has 4 bridgehead atoms. The first-order valence-corrected chi connectivity index (χ1v) is 13.0. The van der Waals surface area contributed by atoms with Crippen LogP contribution in [0.4, 0.5) is 5.95 Å². The van der Waals surface area contributed by atoms with Crippen LogP contribution in [0.15, 0.2) is 53.4 Å². The number of fused-ring (bicyclic) bond motifs is 4. The lowest BCUT2D eigenvalue weighted by Gasteiger charge is -2.34. The number of benzene rings is 2. The Balaban J connectivity index is 1.81. The fraction of sp³-hybridized carbons (Fsp3) is 0.393. The minimum atomic E-state index is -0.315. The van der Waals surface area contributed by atoms with Gasteiger partial charge in [0.2, 0.25) is 11.8 Å². The maximum Gasteiger partial charge on any atom is 0.277 e. The van der Waals surface area contributed by atoms with Crippen molar-refractivity contribution in [3.8, 4) is 17.1 Å². The van der Waals surface area contributed by atoms with E-state index in [0.29, 0.717) is 30.4 Å². The summed E-state index contributed by atoms with van der Waals surface area (Å²) in [5.41, 5.74) is 4.59. The number of nitrogens with one attached hydrogen (secondary N) is 1. The zero-order valence-corrected chi connectivity index (χ0v) is 22.6. The van der Waals surface area contributed by atoms with E-state index >= 15 is 0 Å². The predicted molar refractivity (Wildman–Crippen MR) is 144 cm³/mol. The van der Waals surface area contributed by atoms with E-state index in [4.69, 9.17) is 14.6 Å². The van der Waals surface area contributed by atoms with Crippen LogP contribution in [-0.4, -0.2) is 40.2 Å². The summed E-state index contributed by atoms with van der Waals surface area (Å²) in [6.07, 6.45) is 0.688. The summed E-state index contributed by atoms with van der Waals surface area (Å²) < 4.78 is 9.51. The number of aromatic nitrogens is 2. The number of carbonyl (C=O) groups is 1. The summed E-state index contributed by atoms with van der Waals surface area (Å²) in [4.78, 5) is 29.8. The summed E-state index contributed by atoms with van der Waals surface area (Å²) in [7, 11) is 0. The highest BCUT2D eigenvalue weighted by Crippen LogP contribution is 2.32. The van der Waals surface area contributed by atoms with Crippen molar-refractivity contribution in [3.05, 3.63) is 65.2 Å². The van der Waals surface area contributed by atoms with E-state index < -0.39 is 0 Å². The van der Waals surface area contributed by atoms with Gasteiger partial charge in [-0.2, -0.15) is 4.98 Å². The van der Waals surface area contributed by atoms with Gasteiger partial charge >= 0.3 is 0 Å². The van der Waals surface area contributed by atoms with Crippen molar-refractivity contribution < 1.29 is 14.4 Å². The second-order valence-corrected chi connectivity index (χ2v) is 11.1. The third-order valence-corrected chi connectivity index (χ3v) is 6.63. The van der Waals surface area contributed by atoms with Crippen LogP contribution in [0.5, 0.6) is 5.88 Å². The molecule has 1 amide bonds. The van der Waals surface area contributed by atoms with Gasteiger partial charge in [-0.1, -0.05) is 45.0 Å². The standard InChI is InChI=1S/C28H34N4O3S/c1-7-35-32-21(16-28(4,5)6)17-34-24-15-23(25-18(2)10-8-11-19(25)3)29-27(30-24)31-36-22-13-9-12-20(14-22)26(32)33/h8-15,21H,7,16-17H2,1-6H3,(H,29,30,31)/t21-/m1/s1. The van der Waals surface area contributed by atoms with Crippen molar-refractivity contribution in [2.75, 3.05) is 17.9 Å². The third-order valence-electron chi connectivity index (χ3n) is 5.85. The molecule has 4 rings (SSSR count). The van der Waals surface area contributed by atoms with Crippen LogP contribution in [0, 0.1) is 19.3 Å². The van der Waals surface area contributed by atoms with Gasteiger partial charge in [-0.3, -0.25) is 14.4 Å². The average Bonchev–Trinajstić information content (AvgIpc) is 2.83. The summed E-state index contributed by atoms with van der Waals surface area (Å²) in [5, 5.41) is 1.48. The predicted octanol–water partition coefficient (Wildman–Crippen LogP) is 6.47. The Bertz CT molecular complexity index is 1220. The molecule has 0 unspecified atom stereocenters. The number of hydroxylamine groups is 2. The molecule has 2 aromatic carbocycles. The highest BCUT2D eigenvalue weighted by molar-refractivity contribution is 8.00. The van der Waals surface area contributed by atoms with Crippen LogP contribution < -0.4 is 9.46 Å². The molecule has 36 heavy (non-hydrogen) atoms. The van der Waals surface area contributed by atoms with Crippen molar-refractivity contribution in [3.63, 3.8) is 0 Å². The molecule has 1 atom stereocenters. The van der Waals surface area contributed by atoms with Crippen LogP contribution >= 0.6 is 11.9 Å². The normalized spacial score (nSPS) is 16.3. The molecule has 0 saturated carbocycles.